The largest absolute Gasteiger partial charge is 0.388 e. The summed E-state index contributed by atoms with van der Waals surface area (Å²) in [6.45, 7) is 0. The van der Waals surface area contributed by atoms with Gasteiger partial charge in [-0.05, 0) is 35.9 Å². The Bertz CT molecular complexity index is 1240. The van der Waals surface area contributed by atoms with Gasteiger partial charge in [-0.2, -0.15) is 0 Å². The lowest BCUT2D eigenvalue weighted by Gasteiger charge is -2.23. The van der Waals surface area contributed by atoms with E-state index in [2.05, 4.69) is 10.3 Å². The zero-order valence-electron chi connectivity index (χ0n) is 15.8. The Morgan fingerprint density at radius 1 is 0.800 bits per heavy atom. The highest BCUT2D eigenvalue weighted by molar-refractivity contribution is 5.86. The highest BCUT2D eigenvalue weighted by Crippen LogP contribution is 2.37. The predicted molar refractivity (Wildman–Crippen MR) is 113 cm³/mol. The van der Waals surface area contributed by atoms with Gasteiger partial charge in [0.2, 0.25) is 0 Å². The second-order valence-electron chi connectivity index (χ2n) is 6.46. The van der Waals surface area contributed by atoms with Gasteiger partial charge in [0.15, 0.2) is 5.75 Å². The van der Waals surface area contributed by atoms with Crippen molar-refractivity contribution in [1.29, 1.82) is 10.5 Å². The van der Waals surface area contributed by atoms with E-state index in [1.807, 2.05) is 66.7 Å². The van der Waals surface area contributed by atoms with E-state index in [1.54, 1.807) is 30.8 Å². The summed E-state index contributed by atoms with van der Waals surface area (Å²) in [7, 11) is 0. The van der Waals surface area contributed by atoms with E-state index in [9.17, 15) is 5.26 Å². The first kappa shape index (κ1) is 18.8. The van der Waals surface area contributed by atoms with Crippen LogP contribution in [0.1, 0.15) is 17.2 Å². The van der Waals surface area contributed by atoms with Crippen molar-refractivity contribution in [1.82, 2.24) is 4.98 Å². The molecule has 6 heteroatoms. The molecule has 0 radical (unpaired) electrons. The summed E-state index contributed by atoms with van der Waals surface area (Å²) in [5.74, 6) is 0.879. The van der Waals surface area contributed by atoms with Crippen molar-refractivity contribution < 1.29 is 9.47 Å². The van der Waals surface area contributed by atoms with E-state index in [-0.39, 0.29) is 6.04 Å². The number of ether oxygens (including phenoxy) is 2. The molecule has 0 saturated heterocycles. The monoisotopic (exact) mass is 392 g/mol. The number of pyridine rings is 1. The van der Waals surface area contributed by atoms with Gasteiger partial charge in [-0.1, -0.05) is 48.5 Å². The quantitative estimate of drug-likeness (QED) is 0.456. The van der Waals surface area contributed by atoms with E-state index in [0.717, 1.165) is 22.2 Å². The first-order chi connectivity index (χ1) is 14.8. The second kappa shape index (κ2) is 8.64. The molecule has 0 aliphatic heterocycles. The molecule has 1 aromatic heterocycles. The first-order valence-corrected chi connectivity index (χ1v) is 9.21. The summed E-state index contributed by atoms with van der Waals surface area (Å²) >= 11 is 0. The molecule has 1 atom stereocenters. The molecule has 1 unspecified atom stereocenters. The molecule has 0 fully saturated rings. The summed E-state index contributed by atoms with van der Waals surface area (Å²) in [6, 6.07) is 24.3. The van der Waals surface area contributed by atoms with Crippen LogP contribution in [0.25, 0.3) is 10.9 Å². The number of nitrogens with one attached hydrogen (secondary N) is 1. The Kier molecular flexibility index (Phi) is 5.41. The number of nitriles is 2. The van der Waals surface area contributed by atoms with Gasteiger partial charge in [0, 0.05) is 22.8 Å². The van der Waals surface area contributed by atoms with Gasteiger partial charge in [-0.25, -0.2) is 0 Å². The van der Waals surface area contributed by atoms with Gasteiger partial charge in [0.05, 0.1) is 6.04 Å². The normalized spacial score (nSPS) is 11.1. The fraction of sp³-hybridized carbons (Fsp3) is 0.0417. The minimum atomic E-state index is -0.302. The zero-order chi connectivity index (χ0) is 20.8. The predicted octanol–water partition coefficient (Wildman–Crippen LogP) is 5.16. The third kappa shape index (κ3) is 3.84. The van der Waals surface area contributed by atoms with Gasteiger partial charge < -0.3 is 14.8 Å². The molecule has 4 aromatic rings. The SMILES string of the molecule is N#COc1ccc(NC(c2ccccc2)c2ccc3cccnc3c2OC#N)cc1. The molecule has 0 saturated carbocycles. The first-order valence-electron chi connectivity index (χ1n) is 9.21. The molecule has 3 aromatic carbocycles. The minimum absolute atomic E-state index is 0.302. The van der Waals surface area contributed by atoms with Crippen molar-refractivity contribution in [3.8, 4) is 24.0 Å². The van der Waals surface area contributed by atoms with Gasteiger partial charge in [0.1, 0.15) is 11.3 Å². The van der Waals surface area contributed by atoms with Crippen molar-refractivity contribution in [2.45, 2.75) is 6.04 Å². The number of hydrogen-bond donors (Lipinski definition) is 1. The Hall–Kier alpha value is -4.55. The Balaban J connectivity index is 1.82. The smallest absolute Gasteiger partial charge is 0.292 e. The van der Waals surface area contributed by atoms with E-state index in [4.69, 9.17) is 14.7 Å². The minimum Gasteiger partial charge on any atom is -0.388 e. The van der Waals surface area contributed by atoms with Crippen molar-refractivity contribution in [2.24, 2.45) is 0 Å². The Morgan fingerprint density at radius 2 is 1.57 bits per heavy atom. The highest BCUT2D eigenvalue weighted by atomic mass is 16.5. The van der Waals surface area contributed by atoms with Crippen molar-refractivity contribution in [2.75, 3.05) is 5.32 Å². The summed E-state index contributed by atoms with van der Waals surface area (Å²) in [4.78, 5) is 4.42. The van der Waals surface area contributed by atoms with Crippen LogP contribution in [0.15, 0.2) is 85.1 Å². The lowest BCUT2D eigenvalue weighted by atomic mass is 9.96. The van der Waals surface area contributed by atoms with Crippen molar-refractivity contribution in [3.63, 3.8) is 0 Å². The molecule has 0 aliphatic rings. The molecule has 1 N–H and O–H groups in total. The summed E-state index contributed by atoms with van der Waals surface area (Å²) in [5.41, 5.74) is 3.22. The fourth-order valence-electron chi connectivity index (χ4n) is 3.34. The molecule has 0 spiro atoms. The third-order valence-corrected chi connectivity index (χ3v) is 4.68. The number of hydrogen-bond acceptors (Lipinski definition) is 6. The van der Waals surface area contributed by atoms with E-state index < -0.39 is 0 Å². The lowest BCUT2D eigenvalue weighted by molar-refractivity contribution is 0.503. The lowest BCUT2D eigenvalue weighted by Crippen LogP contribution is -2.13. The van der Waals surface area contributed by atoms with Crippen LogP contribution < -0.4 is 14.8 Å². The summed E-state index contributed by atoms with van der Waals surface area (Å²) < 4.78 is 10.2. The number of aromatic nitrogens is 1. The zero-order valence-corrected chi connectivity index (χ0v) is 15.8. The van der Waals surface area contributed by atoms with Crippen LogP contribution in [0, 0.1) is 23.0 Å². The van der Waals surface area contributed by atoms with Crippen molar-refractivity contribution >= 4 is 16.6 Å². The topological polar surface area (TPSA) is 91.0 Å². The van der Waals surface area contributed by atoms with Crippen molar-refractivity contribution in [3.05, 3.63) is 96.2 Å². The van der Waals surface area contributed by atoms with E-state index in [0.29, 0.717) is 17.0 Å². The molecule has 30 heavy (non-hydrogen) atoms. The molecule has 0 amide bonds. The van der Waals surface area contributed by atoms with Gasteiger partial charge >= 0.3 is 0 Å². The Labute approximate surface area is 173 Å². The number of anilines is 1. The van der Waals surface area contributed by atoms with E-state index in [1.165, 1.54) is 0 Å². The molecule has 6 nitrogen and oxygen atoms in total. The Morgan fingerprint density at radius 3 is 2.30 bits per heavy atom. The molecule has 144 valence electrons. The molecule has 4 rings (SSSR count). The van der Waals surface area contributed by atoms with Crippen LogP contribution in [0.4, 0.5) is 5.69 Å². The van der Waals surface area contributed by atoms with Crippen LogP contribution in [0.3, 0.4) is 0 Å². The maximum Gasteiger partial charge on any atom is 0.292 e. The van der Waals surface area contributed by atoms with Gasteiger partial charge in [-0.3, -0.25) is 4.98 Å². The average Bonchev–Trinajstić information content (AvgIpc) is 2.80. The van der Waals surface area contributed by atoms with Gasteiger partial charge in [-0.15, -0.1) is 10.5 Å². The van der Waals surface area contributed by atoms with E-state index >= 15 is 0 Å². The number of fused-ring (bicyclic) bond motifs is 1. The molecular weight excluding hydrogens is 376 g/mol. The number of benzene rings is 3. The summed E-state index contributed by atoms with van der Waals surface area (Å²) in [5, 5.41) is 22.3. The van der Waals surface area contributed by atoms with Crippen LogP contribution in [0.5, 0.6) is 11.5 Å². The average molecular weight is 392 g/mol. The van der Waals surface area contributed by atoms with Crippen LogP contribution in [0.2, 0.25) is 0 Å². The second-order valence-corrected chi connectivity index (χ2v) is 6.46. The number of rotatable bonds is 6. The summed E-state index contributed by atoms with van der Waals surface area (Å²) in [6.07, 6.45) is 5.13. The maximum absolute atomic E-state index is 9.27. The molecule has 0 bridgehead atoms. The van der Waals surface area contributed by atoms with Crippen LogP contribution >= 0.6 is 0 Å². The molecule has 1 heterocycles. The highest BCUT2D eigenvalue weighted by Gasteiger charge is 2.21. The fourth-order valence-corrected chi connectivity index (χ4v) is 3.34. The van der Waals surface area contributed by atoms with Gasteiger partial charge in [0.25, 0.3) is 12.5 Å². The van der Waals surface area contributed by atoms with Crippen LogP contribution in [-0.4, -0.2) is 4.98 Å². The molecule has 0 aliphatic carbocycles. The standard InChI is InChI=1S/C24H16N4O2/c25-15-29-20-11-9-19(10-12-20)28-22(17-5-2-1-3-6-17)21-13-8-18-7-4-14-27-23(18)24(21)30-16-26/h1-14,22,28H. The van der Waals surface area contributed by atoms with Crippen LogP contribution in [-0.2, 0) is 0 Å². The number of nitrogens with zero attached hydrogens (tertiary/aromatic N) is 3. The third-order valence-electron chi connectivity index (χ3n) is 4.68. The maximum atomic E-state index is 9.27. The molecular formula is C24H16N4O2.